The molecule has 2 aromatic heterocycles. The number of aromatic nitrogens is 4. The number of hydrogen-bond donors (Lipinski definition) is 1. The van der Waals surface area contributed by atoms with Crippen LogP contribution in [0.2, 0.25) is 0 Å². The largest absolute Gasteiger partial charge is 0.454 e. The van der Waals surface area contributed by atoms with Gasteiger partial charge in [0.25, 0.3) is 0 Å². The van der Waals surface area contributed by atoms with Crippen molar-refractivity contribution in [1.82, 2.24) is 19.3 Å². The van der Waals surface area contributed by atoms with Gasteiger partial charge in [0.15, 0.2) is 17.1 Å². The first-order valence-corrected chi connectivity index (χ1v) is 6.67. The van der Waals surface area contributed by atoms with Crippen molar-refractivity contribution in [3.63, 3.8) is 0 Å². The Morgan fingerprint density at radius 1 is 1.29 bits per heavy atom. The summed E-state index contributed by atoms with van der Waals surface area (Å²) >= 11 is 0. The van der Waals surface area contributed by atoms with Crippen molar-refractivity contribution >= 4 is 17.1 Å². The third kappa shape index (κ3) is 1.74. The fourth-order valence-electron chi connectivity index (χ4n) is 2.73. The van der Waals surface area contributed by atoms with E-state index in [0.29, 0.717) is 12.5 Å². The van der Waals surface area contributed by atoms with E-state index in [1.807, 2.05) is 36.7 Å². The Balaban J connectivity index is 1.79. The summed E-state index contributed by atoms with van der Waals surface area (Å²) in [5, 5.41) is 4.38. The summed E-state index contributed by atoms with van der Waals surface area (Å²) in [6.45, 7) is 2.81. The van der Waals surface area contributed by atoms with Gasteiger partial charge in [-0.1, -0.05) is 6.07 Å². The van der Waals surface area contributed by atoms with Gasteiger partial charge in [0, 0.05) is 7.05 Å². The van der Waals surface area contributed by atoms with Crippen molar-refractivity contribution in [3.8, 4) is 11.5 Å². The zero-order chi connectivity index (χ0) is 14.6. The molecule has 3 heterocycles. The number of hydrogen-bond acceptors (Lipinski definition) is 5. The van der Waals surface area contributed by atoms with Crippen LogP contribution in [0.3, 0.4) is 0 Å². The Hall–Kier alpha value is -2.70. The van der Waals surface area contributed by atoms with Gasteiger partial charge < -0.3 is 15.2 Å². The highest BCUT2D eigenvalue weighted by atomic mass is 16.7. The van der Waals surface area contributed by atoms with E-state index >= 15 is 0 Å². The molecule has 3 aromatic rings. The molecule has 7 heteroatoms. The maximum Gasteiger partial charge on any atom is 0.231 e. The normalized spacial score (nSPS) is 13.2. The number of nitrogens with two attached hydrogens (primary N) is 1. The van der Waals surface area contributed by atoms with E-state index in [9.17, 15) is 0 Å². The van der Waals surface area contributed by atoms with Gasteiger partial charge in [-0.2, -0.15) is 5.10 Å². The molecule has 1 aromatic carbocycles. The van der Waals surface area contributed by atoms with Crippen LogP contribution in [-0.2, 0) is 13.6 Å². The predicted octanol–water partition coefficient (Wildman–Crippen LogP) is 1.44. The maximum absolute atomic E-state index is 6.05. The van der Waals surface area contributed by atoms with Gasteiger partial charge in [-0.15, -0.1) is 0 Å². The zero-order valence-corrected chi connectivity index (χ0v) is 11.8. The first-order chi connectivity index (χ1) is 10.1. The summed E-state index contributed by atoms with van der Waals surface area (Å²) in [4.78, 5) is 4.40. The number of fused-ring (bicyclic) bond motifs is 2. The Kier molecular flexibility index (Phi) is 2.38. The lowest BCUT2D eigenvalue weighted by molar-refractivity contribution is 0.174. The fourth-order valence-corrected chi connectivity index (χ4v) is 2.73. The molecular weight excluding hydrogens is 270 g/mol. The molecule has 4 rings (SSSR count). The quantitative estimate of drug-likeness (QED) is 0.770. The van der Waals surface area contributed by atoms with Crippen molar-refractivity contribution in [2.75, 3.05) is 12.5 Å². The highest BCUT2D eigenvalue weighted by Crippen LogP contribution is 2.33. The average Bonchev–Trinajstić information content (AvgIpc) is 3.10. The average molecular weight is 285 g/mol. The number of rotatable bonds is 2. The third-order valence-electron chi connectivity index (χ3n) is 3.70. The van der Waals surface area contributed by atoms with Crippen LogP contribution in [-0.4, -0.2) is 26.1 Å². The van der Waals surface area contributed by atoms with Gasteiger partial charge in [-0.25, -0.2) is 4.98 Å². The van der Waals surface area contributed by atoms with Crippen LogP contribution in [0.25, 0.3) is 11.2 Å². The Morgan fingerprint density at radius 3 is 2.95 bits per heavy atom. The molecule has 0 radical (unpaired) electrons. The lowest BCUT2D eigenvalue weighted by Crippen LogP contribution is -2.08. The molecule has 0 spiro atoms. The number of benzene rings is 1. The zero-order valence-electron chi connectivity index (χ0n) is 11.8. The van der Waals surface area contributed by atoms with E-state index in [2.05, 4.69) is 10.1 Å². The van der Waals surface area contributed by atoms with Crippen molar-refractivity contribution in [2.24, 2.45) is 7.05 Å². The molecule has 0 unspecified atom stereocenters. The van der Waals surface area contributed by atoms with E-state index in [0.717, 1.165) is 33.9 Å². The van der Waals surface area contributed by atoms with Crippen LogP contribution in [0.5, 0.6) is 11.5 Å². The van der Waals surface area contributed by atoms with Crippen LogP contribution in [0, 0.1) is 6.92 Å². The summed E-state index contributed by atoms with van der Waals surface area (Å²) < 4.78 is 14.5. The molecular formula is C14H15N5O2. The second-order valence-corrected chi connectivity index (χ2v) is 5.12. The third-order valence-corrected chi connectivity index (χ3v) is 3.70. The molecule has 108 valence electrons. The number of ether oxygens (including phenoxy) is 2. The predicted molar refractivity (Wildman–Crippen MR) is 77.3 cm³/mol. The summed E-state index contributed by atoms with van der Waals surface area (Å²) in [5.41, 5.74) is 9.77. The molecule has 21 heavy (non-hydrogen) atoms. The van der Waals surface area contributed by atoms with Crippen LogP contribution in [0.1, 0.15) is 11.3 Å². The Labute approximate surface area is 120 Å². The fraction of sp³-hybridized carbons (Fsp3) is 0.286. The summed E-state index contributed by atoms with van der Waals surface area (Å²) in [6.07, 6.45) is 0. The summed E-state index contributed by atoms with van der Waals surface area (Å²) in [7, 11) is 1.90. The van der Waals surface area contributed by atoms with E-state index in [1.54, 1.807) is 4.68 Å². The Bertz CT molecular complexity index is 849. The number of nitrogen functional groups attached to an aromatic ring is 1. The van der Waals surface area contributed by atoms with Crippen molar-refractivity contribution in [2.45, 2.75) is 13.5 Å². The smallest absolute Gasteiger partial charge is 0.231 e. The monoisotopic (exact) mass is 285 g/mol. The highest BCUT2D eigenvalue weighted by Gasteiger charge is 2.17. The number of aryl methyl sites for hydroxylation is 2. The molecule has 0 saturated heterocycles. The van der Waals surface area contributed by atoms with Gasteiger partial charge in [0.1, 0.15) is 5.52 Å². The molecule has 1 aliphatic heterocycles. The second kappa shape index (κ2) is 4.15. The first kappa shape index (κ1) is 12.1. The lowest BCUT2D eigenvalue weighted by Gasteiger charge is -2.08. The maximum atomic E-state index is 6.05. The molecule has 2 N–H and O–H groups in total. The molecule has 0 amide bonds. The minimum atomic E-state index is 0.275. The topological polar surface area (TPSA) is 80.1 Å². The van der Waals surface area contributed by atoms with Crippen molar-refractivity contribution < 1.29 is 9.47 Å². The minimum Gasteiger partial charge on any atom is -0.454 e. The molecule has 7 nitrogen and oxygen atoms in total. The summed E-state index contributed by atoms with van der Waals surface area (Å²) in [5.74, 6) is 2.03. The van der Waals surface area contributed by atoms with E-state index in [1.165, 1.54) is 0 Å². The van der Waals surface area contributed by atoms with Gasteiger partial charge in [0.2, 0.25) is 12.7 Å². The van der Waals surface area contributed by atoms with E-state index in [-0.39, 0.29) is 6.79 Å². The van der Waals surface area contributed by atoms with Crippen molar-refractivity contribution in [1.29, 1.82) is 0 Å². The first-order valence-electron chi connectivity index (χ1n) is 6.67. The van der Waals surface area contributed by atoms with E-state index < -0.39 is 0 Å². The number of anilines is 1. The highest BCUT2D eigenvalue weighted by molar-refractivity contribution is 5.77. The van der Waals surface area contributed by atoms with Gasteiger partial charge in [-0.05, 0) is 24.6 Å². The second-order valence-electron chi connectivity index (χ2n) is 5.12. The Morgan fingerprint density at radius 2 is 2.10 bits per heavy atom. The standard InChI is InChI=1S/C14H15N5O2/c1-8-12-13(18(2)17-8)19(14(15)16-12)6-9-3-4-10-11(5-9)21-7-20-10/h3-5H,6-7H2,1-2H3,(H2,15,16). The number of nitrogens with zero attached hydrogens (tertiary/aromatic N) is 4. The van der Waals surface area contributed by atoms with Crippen LogP contribution in [0.4, 0.5) is 5.95 Å². The SMILES string of the molecule is Cc1nn(C)c2c1nc(N)n2Cc1ccc2c(c1)OCO2. The molecule has 1 aliphatic rings. The summed E-state index contributed by atoms with van der Waals surface area (Å²) in [6, 6.07) is 5.88. The van der Waals surface area contributed by atoms with Gasteiger partial charge in [-0.3, -0.25) is 9.25 Å². The minimum absolute atomic E-state index is 0.275. The van der Waals surface area contributed by atoms with Gasteiger partial charge in [0.05, 0.1) is 12.2 Å². The van der Waals surface area contributed by atoms with E-state index in [4.69, 9.17) is 15.2 Å². The van der Waals surface area contributed by atoms with Gasteiger partial charge >= 0.3 is 0 Å². The van der Waals surface area contributed by atoms with Crippen molar-refractivity contribution in [3.05, 3.63) is 29.5 Å². The lowest BCUT2D eigenvalue weighted by atomic mass is 10.2. The molecule has 0 saturated carbocycles. The molecule has 0 bridgehead atoms. The van der Waals surface area contributed by atoms with Crippen LogP contribution < -0.4 is 15.2 Å². The van der Waals surface area contributed by atoms with Crippen LogP contribution in [0.15, 0.2) is 18.2 Å². The molecule has 0 atom stereocenters. The molecule has 0 fully saturated rings. The molecule has 0 aliphatic carbocycles. The van der Waals surface area contributed by atoms with Crippen LogP contribution >= 0.6 is 0 Å². The number of imidazole rings is 1.